The van der Waals surface area contributed by atoms with Gasteiger partial charge in [0.15, 0.2) is 0 Å². The molecule has 144 valence electrons. The first-order chi connectivity index (χ1) is 14.0. The number of carbonyl (C=O) groups excluding carboxylic acids is 2. The average molecular weight is 387 g/mol. The van der Waals surface area contributed by atoms with E-state index in [1.54, 1.807) is 42.5 Å². The first kappa shape index (κ1) is 18.6. The highest BCUT2D eigenvalue weighted by Gasteiger charge is 2.46. The Labute approximate surface area is 167 Å². The first-order valence-corrected chi connectivity index (χ1v) is 9.16. The van der Waals surface area contributed by atoms with E-state index in [0.717, 1.165) is 5.56 Å². The fraction of sp³-hybridized carbons (Fsp3) is 0.0833. The Kier molecular flexibility index (Phi) is 4.72. The van der Waals surface area contributed by atoms with Gasteiger partial charge in [-0.2, -0.15) is 0 Å². The van der Waals surface area contributed by atoms with Crippen molar-refractivity contribution in [3.05, 3.63) is 107 Å². The zero-order valence-corrected chi connectivity index (χ0v) is 15.7. The van der Waals surface area contributed by atoms with Crippen molar-refractivity contribution in [3.8, 4) is 0 Å². The number of hydrogen-bond donors (Lipinski definition) is 1. The summed E-state index contributed by atoms with van der Waals surface area (Å²) in [7, 11) is 0. The van der Waals surface area contributed by atoms with Crippen LogP contribution in [0.4, 0.5) is 10.1 Å². The third-order valence-corrected chi connectivity index (χ3v) is 4.99. The fourth-order valence-corrected chi connectivity index (χ4v) is 3.52. The van der Waals surface area contributed by atoms with E-state index in [1.807, 2.05) is 19.1 Å². The van der Waals surface area contributed by atoms with Crippen LogP contribution in [0, 0.1) is 12.7 Å². The molecule has 1 saturated heterocycles. The summed E-state index contributed by atoms with van der Waals surface area (Å²) in [5, 5.41) is 10.9. The number of nitrogens with zero attached hydrogens (tertiary/aromatic N) is 1. The average Bonchev–Trinajstić information content (AvgIpc) is 3.00. The Balaban J connectivity index is 1.94. The van der Waals surface area contributed by atoms with Crippen molar-refractivity contribution in [2.24, 2.45) is 0 Å². The Morgan fingerprint density at radius 1 is 0.897 bits per heavy atom. The number of rotatable bonds is 3. The number of Topliss-reactive ketones (excluding diaryl/α,β-unsaturated/α-hetero) is 1. The van der Waals surface area contributed by atoms with Crippen LogP contribution in [0.15, 0.2) is 84.4 Å². The Bertz CT molecular complexity index is 1100. The van der Waals surface area contributed by atoms with Gasteiger partial charge >= 0.3 is 0 Å². The summed E-state index contributed by atoms with van der Waals surface area (Å²) in [6, 6.07) is 20.5. The Hall–Kier alpha value is -3.73. The quantitative estimate of drug-likeness (QED) is 0.400. The van der Waals surface area contributed by atoms with Crippen molar-refractivity contribution in [1.29, 1.82) is 0 Å². The van der Waals surface area contributed by atoms with Gasteiger partial charge in [0, 0.05) is 11.3 Å². The number of anilines is 1. The van der Waals surface area contributed by atoms with E-state index in [4.69, 9.17) is 0 Å². The predicted molar refractivity (Wildman–Crippen MR) is 109 cm³/mol. The molecule has 0 aromatic heterocycles. The van der Waals surface area contributed by atoms with Crippen molar-refractivity contribution >= 4 is 23.1 Å². The van der Waals surface area contributed by atoms with Gasteiger partial charge in [-0.25, -0.2) is 4.39 Å². The van der Waals surface area contributed by atoms with E-state index in [9.17, 15) is 19.1 Å². The van der Waals surface area contributed by atoms with Crippen LogP contribution in [-0.4, -0.2) is 16.8 Å². The van der Waals surface area contributed by atoms with Crippen LogP contribution in [-0.2, 0) is 9.59 Å². The molecule has 3 aromatic rings. The highest BCUT2D eigenvalue weighted by Crippen LogP contribution is 2.42. The minimum atomic E-state index is -0.862. The summed E-state index contributed by atoms with van der Waals surface area (Å²) >= 11 is 0. The van der Waals surface area contributed by atoms with E-state index in [1.165, 1.54) is 29.2 Å². The number of aliphatic hydroxyl groups excluding tert-OH is 1. The van der Waals surface area contributed by atoms with Crippen molar-refractivity contribution in [2.75, 3.05) is 4.90 Å². The van der Waals surface area contributed by atoms with Crippen LogP contribution in [0.2, 0.25) is 0 Å². The normalized spacial score (nSPS) is 18.3. The lowest BCUT2D eigenvalue weighted by Gasteiger charge is -2.25. The second-order valence-electron chi connectivity index (χ2n) is 6.92. The van der Waals surface area contributed by atoms with E-state index in [-0.39, 0.29) is 11.3 Å². The lowest BCUT2D eigenvalue weighted by Crippen LogP contribution is -2.29. The first-order valence-electron chi connectivity index (χ1n) is 9.16. The molecule has 1 unspecified atom stereocenters. The van der Waals surface area contributed by atoms with Crippen LogP contribution in [0.3, 0.4) is 0 Å². The molecule has 4 rings (SSSR count). The fourth-order valence-electron chi connectivity index (χ4n) is 3.52. The summed E-state index contributed by atoms with van der Waals surface area (Å²) in [5.41, 5.74) is 2.48. The minimum Gasteiger partial charge on any atom is -0.507 e. The molecule has 3 aromatic carbocycles. The number of aliphatic hydroxyl groups is 1. The molecule has 0 radical (unpaired) electrons. The van der Waals surface area contributed by atoms with Crippen LogP contribution < -0.4 is 4.90 Å². The SMILES string of the molecule is Cc1ccc(N2C(=O)C(=O)/C(=C(/O)c3ccccc3)C2c2ccc(F)cc2)cc1. The number of aryl methyl sites for hydroxylation is 1. The van der Waals surface area contributed by atoms with Crippen molar-refractivity contribution < 1.29 is 19.1 Å². The molecule has 1 N–H and O–H groups in total. The second-order valence-corrected chi connectivity index (χ2v) is 6.92. The molecule has 0 spiro atoms. The van der Waals surface area contributed by atoms with E-state index in [0.29, 0.717) is 16.8 Å². The molecule has 1 aliphatic rings. The van der Waals surface area contributed by atoms with E-state index < -0.39 is 23.5 Å². The monoisotopic (exact) mass is 387 g/mol. The third-order valence-electron chi connectivity index (χ3n) is 4.99. The number of carbonyl (C=O) groups is 2. The largest absolute Gasteiger partial charge is 0.507 e. The maximum atomic E-state index is 13.5. The number of halogens is 1. The van der Waals surface area contributed by atoms with Crippen molar-refractivity contribution in [2.45, 2.75) is 13.0 Å². The van der Waals surface area contributed by atoms with Gasteiger partial charge in [0.05, 0.1) is 11.6 Å². The van der Waals surface area contributed by atoms with Gasteiger partial charge in [-0.3, -0.25) is 14.5 Å². The van der Waals surface area contributed by atoms with Crippen molar-refractivity contribution in [1.82, 2.24) is 0 Å². The highest BCUT2D eigenvalue weighted by atomic mass is 19.1. The highest BCUT2D eigenvalue weighted by molar-refractivity contribution is 6.51. The van der Waals surface area contributed by atoms with Crippen LogP contribution >= 0.6 is 0 Å². The third kappa shape index (κ3) is 3.31. The number of amides is 1. The molecule has 4 nitrogen and oxygen atoms in total. The van der Waals surface area contributed by atoms with E-state index >= 15 is 0 Å². The molecule has 0 saturated carbocycles. The number of benzene rings is 3. The van der Waals surface area contributed by atoms with Gasteiger partial charge < -0.3 is 5.11 Å². The summed E-state index contributed by atoms with van der Waals surface area (Å²) in [6.07, 6.45) is 0. The topological polar surface area (TPSA) is 57.6 Å². The van der Waals surface area contributed by atoms with Gasteiger partial charge in [-0.15, -0.1) is 0 Å². The molecule has 1 amide bonds. The molecule has 29 heavy (non-hydrogen) atoms. The van der Waals surface area contributed by atoms with Gasteiger partial charge in [-0.05, 0) is 36.8 Å². The summed E-state index contributed by atoms with van der Waals surface area (Å²) in [4.78, 5) is 27.2. The smallest absolute Gasteiger partial charge is 0.300 e. The maximum Gasteiger partial charge on any atom is 0.300 e. The minimum absolute atomic E-state index is 0.0200. The lowest BCUT2D eigenvalue weighted by molar-refractivity contribution is -0.132. The maximum absolute atomic E-state index is 13.5. The Morgan fingerprint density at radius 3 is 2.14 bits per heavy atom. The van der Waals surface area contributed by atoms with Crippen LogP contribution in [0.5, 0.6) is 0 Å². The number of ketones is 1. The summed E-state index contributed by atoms with van der Waals surface area (Å²) < 4.78 is 13.5. The van der Waals surface area contributed by atoms with Gasteiger partial charge in [0.1, 0.15) is 11.6 Å². The Morgan fingerprint density at radius 2 is 1.52 bits per heavy atom. The zero-order chi connectivity index (χ0) is 20.5. The standard InChI is InChI=1S/C24H18FNO3/c1-15-7-13-19(14-8-15)26-21(16-9-11-18(25)12-10-16)20(23(28)24(26)29)22(27)17-5-3-2-4-6-17/h2-14,21,27H,1H3/b22-20+. The molecule has 0 aliphatic carbocycles. The van der Waals surface area contributed by atoms with E-state index in [2.05, 4.69) is 0 Å². The molecule has 1 heterocycles. The van der Waals surface area contributed by atoms with Crippen molar-refractivity contribution in [3.63, 3.8) is 0 Å². The molecule has 0 bridgehead atoms. The molecular formula is C24H18FNO3. The second kappa shape index (κ2) is 7.36. The molecule has 1 fully saturated rings. The van der Waals surface area contributed by atoms with Gasteiger partial charge in [-0.1, -0.05) is 60.2 Å². The van der Waals surface area contributed by atoms with Gasteiger partial charge in [0.2, 0.25) is 0 Å². The molecule has 1 aliphatic heterocycles. The summed E-state index contributed by atoms with van der Waals surface area (Å²) in [6.45, 7) is 1.92. The molecule has 1 atom stereocenters. The molecule has 5 heteroatoms. The molecular weight excluding hydrogens is 369 g/mol. The predicted octanol–water partition coefficient (Wildman–Crippen LogP) is 4.76. The number of hydrogen-bond acceptors (Lipinski definition) is 3. The van der Waals surface area contributed by atoms with Crippen LogP contribution in [0.1, 0.15) is 22.7 Å². The zero-order valence-electron chi connectivity index (χ0n) is 15.7. The summed E-state index contributed by atoms with van der Waals surface area (Å²) in [5.74, 6) is -2.20. The van der Waals surface area contributed by atoms with Gasteiger partial charge in [0.25, 0.3) is 11.7 Å². The van der Waals surface area contributed by atoms with Crippen LogP contribution in [0.25, 0.3) is 5.76 Å². The lowest BCUT2D eigenvalue weighted by atomic mass is 9.95.